The van der Waals surface area contributed by atoms with E-state index in [4.69, 9.17) is 16.0 Å². The summed E-state index contributed by atoms with van der Waals surface area (Å²) in [5.41, 5.74) is 2.13. The third-order valence-electron chi connectivity index (χ3n) is 4.64. The van der Waals surface area contributed by atoms with Gasteiger partial charge in [-0.05, 0) is 42.8 Å². The Morgan fingerprint density at radius 2 is 1.89 bits per heavy atom. The second kappa shape index (κ2) is 7.02. The van der Waals surface area contributed by atoms with Crippen molar-refractivity contribution in [1.82, 2.24) is 0 Å². The Bertz CT molecular complexity index is 1100. The first-order valence-corrected chi connectivity index (χ1v) is 9.02. The molecule has 3 aromatic rings. The first-order valence-electron chi connectivity index (χ1n) is 8.64. The molecule has 1 unspecified atom stereocenters. The van der Waals surface area contributed by atoms with Crippen LogP contribution in [-0.4, -0.2) is 16.8 Å². The third kappa shape index (κ3) is 3.00. The van der Waals surface area contributed by atoms with E-state index in [9.17, 15) is 14.7 Å². The van der Waals surface area contributed by atoms with Crippen LogP contribution in [0.5, 0.6) is 0 Å². The van der Waals surface area contributed by atoms with Gasteiger partial charge in [0.2, 0.25) is 5.78 Å². The Kier molecular flexibility index (Phi) is 4.53. The quantitative estimate of drug-likeness (QED) is 0.631. The SMILES string of the molecule is Cc1cccc(C2C(C(=O)c3ccco3)=C(O)C(=O)N2c2cccc(Cl)c2)c1. The summed E-state index contributed by atoms with van der Waals surface area (Å²) >= 11 is 6.11. The standard InChI is InChI=1S/C22H16ClNO4/c1-13-5-2-6-14(11-13)19-18(20(25)17-9-4-10-28-17)21(26)22(27)24(19)16-8-3-7-15(23)12-16/h2-12,19,26H,1H3. The van der Waals surface area contributed by atoms with Crippen LogP contribution < -0.4 is 4.90 Å². The van der Waals surface area contributed by atoms with Crippen LogP contribution in [0.1, 0.15) is 27.7 Å². The Labute approximate surface area is 166 Å². The third-order valence-corrected chi connectivity index (χ3v) is 4.88. The predicted octanol–water partition coefficient (Wildman–Crippen LogP) is 5.02. The molecule has 0 spiro atoms. The zero-order valence-corrected chi connectivity index (χ0v) is 15.7. The van der Waals surface area contributed by atoms with Crippen molar-refractivity contribution >= 4 is 29.0 Å². The largest absolute Gasteiger partial charge is 0.503 e. The molecule has 1 atom stereocenters. The molecule has 28 heavy (non-hydrogen) atoms. The van der Waals surface area contributed by atoms with E-state index in [-0.39, 0.29) is 11.3 Å². The van der Waals surface area contributed by atoms with E-state index in [1.54, 1.807) is 30.3 Å². The molecule has 5 nitrogen and oxygen atoms in total. The molecule has 1 aliphatic heterocycles. The van der Waals surface area contributed by atoms with Gasteiger partial charge in [-0.1, -0.05) is 47.5 Å². The summed E-state index contributed by atoms with van der Waals surface area (Å²) in [7, 11) is 0. The highest BCUT2D eigenvalue weighted by molar-refractivity contribution is 6.31. The van der Waals surface area contributed by atoms with Crippen molar-refractivity contribution in [2.45, 2.75) is 13.0 Å². The molecular weight excluding hydrogens is 378 g/mol. The second-order valence-electron chi connectivity index (χ2n) is 6.54. The summed E-state index contributed by atoms with van der Waals surface area (Å²) in [6, 6.07) is 16.5. The minimum absolute atomic E-state index is 0.0227. The number of hydrogen-bond acceptors (Lipinski definition) is 4. The van der Waals surface area contributed by atoms with E-state index in [0.29, 0.717) is 16.3 Å². The molecule has 1 amide bonds. The van der Waals surface area contributed by atoms with Crippen LogP contribution in [0.25, 0.3) is 0 Å². The Morgan fingerprint density at radius 1 is 1.11 bits per heavy atom. The highest BCUT2D eigenvalue weighted by atomic mass is 35.5. The van der Waals surface area contributed by atoms with Gasteiger partial charge in [0.25, 0.3) is 5.91 Å². The maximum atomic E-state index is 13.1. The lowest BCUT2D eigenvalue weighted by molar-refractivity contribution is -0.117. The monoisotopic (exact) mass is 393 g/mol. The smallest absolute Gasteiger partial charge is 0.294 e. The van der Waals surface area contributed by atoms with Crippen molar-refractivity contribution in [3.05, 3.63) is 100 Å². The number of furan rings is 1. The van der Waals surface area contributed by atoms with Crippen LogP contribution in [0.15, 0.2) is 82.7 Å². The molecular formula is C22H16ClNO4. The predicted molar refractivity (Wildman–Crippen MR) is 106 cm³/mol. The lowest BCUT2D eigenvalue weighted by atomic mass is 9.94. The maximum absolute atomic E-state index is 13.1. The fraction of sp³-hybridized carbons (Fsp3) is 0.0909. The van der Waals surface area contributed by atoms with Crippen LogP contribution in [0.2, 0.25) is 5.02 Å². The van der Waals surface area contributed by atoms with E-state index in [1.165, 1.54) is 17.2 Å². The Balaban J connectivity index is 1.91. The van der Waals surface area contributed by atoms with E-state index >= 15 is 0 Å². The number of halogens is 1. The van der Waals surface area contributed by atoms with Crippen molar-refractivity contribution in [2.24, 2.45) is 0 Å². The van der Waals surface area contributed by atoms with Crippen molar-refractivity contribution in [3.63, 3.8) is 0 Å². The van der Waals surface area contributed by atoms with Gasteiger partial charge >= 0.3 is 0 Å². The number of anilines is 1. The summed E-state index contributed by atoms with van der Waals surface area (Å²) in [6.45, 7) is 1.92. The van der Waals surface area contributed by atoms with Crippen molar-refractivity contribution in [1.29, 1.82) is 0 Å². The van der Waals surface area contributed by atoms with Gasteiger partial charge in [-0.15, -0.1) is 0 Å². The zero-order chi connectivity index (χ0) is 19.8. The number of aryl methyl sites for hydroxylation is 1. The number of amides is 1. The molecule has 0 saturated carbocycles. The van der Waals surface area contributed by atoms with Gasteiger partial charge in [-0.3, -0.25) is 14.5 Å². The van der Waals surface area contributed by atoms with Crippen LogP contribution >= 0.6 is 11.6 Å². The number of Topliss-reactive ketones (excluding diaryl/α,β-unsaturated/α-hetero) is 1. The fourth-order valence-electron chi connectivity index (χ4n) is 3.43. The molecule has 0 radical (unpaired) electrons. The number of benzene rings is 2. The summed E-state index contributed by atoms with van der Waals surface area (Å²) in [4.78, 5) is 27.4. The Hall–Kier alpha value is -3.31. The van der Waals surface area contributed by atoms with Gasteiger partial charge in [-0.2, -0.15) is 0 Å². The van der Waals surface area contributed by atoms with Crippen molar-refractivity contribution < 1.29 is 19.1 Å². The number of nitrogens with zero attached hydrogens (tertiary/aromatic N) is 1. The molecule has 0 bridgehead atoms. The van der Waals surface area contributed by atoms with Gasteiger partial charge in [0, 0.05) is 10.7 Å². The molecule has 1 aliphatic rings. The molecule has 140 valence electrons. The summed E-state index contributed by atoms with van der Waals surface area (Å²) in [6.07, 6.45) is 1.37. The molecule has 4 rings (SSSR count). The van der Waals surface area contributed by atoms with E-state index in [1.807, 2.05) is 31.2 Å². The van der Waals surface area contributed by atoms with Gasteiger partial charge in [0.15, 0.2) is 11.5 Å². The van der Waals surface area contributed by atoms with Crippen LogP contribution in [0.3, 0.4) is 0 Å². The van der Waals surface area contributed by atoms with Crippen molar-refractivity contribution in [2.75, 3.05) is 4.90 Å². The van der Waals surface area contributed by atoms with Crippen LogP contribution in [-0.2, 0) is 4.79 Å². The van der Waals surface area contributed by atoms with Gasteiger partial charge < -0.3 is 9.52 Å². The Morgan fingerprint density at radius 3 is 2.57 bits per heavy atom. The van der Waals surface area contributed by atoms with E-state index < -0.39 is 23.5 Å². The minimum atomic E-state index is -0.802. The molecule has 2 heterocycles. The lowest BCUT2D eigenvalue weighted by Gasteiger charge is -2.27. The molecule has 2 aromatic carbocycles. The lowest BCUT2D eigenvalue weighted by Crippen LogP contribution is -2.31. The number of rotatable bonds is 4. The highest BCUT2D eigenvalue weighted by Gasteiger charge is 2.45. The molecule has 6 heteroatoms. The molecule has 1 aromatic heterocycles. The number of carbonyl (C=O) groups is 2. The van der Waals surface area contributed by atoms with Crippen molar-refractivity contribution in [3.8, 4) is 0 Å². The first-order chi connectivity index (χ1) is 13.5. The normalized spacial score (nSPS) is 16.7. The number of aliphatic hydroxyl groups excluding tert-OH is 1. The topological polar surface area (TPSA) is 70.7 Å². The average Bonchev–Trinajstić information content (AvgIpc) is 3.29. The fourth-order valence-corrected chi connectivity index (χ4v) is 3.61. The maximum Gasteiger partial charge on any atom is 0.294 e. The number of ketones is 1. The molecule has 0 saturated heterocycles. The van der Waals surface area contributed by atoms with Gasteiger partial charge in [0.1, 0.15) is 0 Å². The number of hydrogen-bond donors (Lipinski definition) is 1. The summed E-state index contributed by atoms with van der Waals surface area (Å²) in [5, 5.41) is 11.1. The summed E-state index contributed by atoms with van der Waals surface area (Å²) in [5.74, 6) is -1.73. The minimum Gasteiger partial charge on any atom is -0.503 e. The van der Waals surface area contributed by atoms with Gasteiger partial charge in [-0.25, -0.2) is 0 Å². The first kappa shape index (κ1) is 18.1. The molecule has 1 N–H and O–H groups in total. The van der Waals surface area contributed by atoms with Crippen LogP contribution in [0.4, 0.5) is 5.69 Å². The number of aliphatic hydroxyl groups is 1. The van der Waals surface area contributed by atoms with Gasteiger partial charge in [0.05, 0.1) is 17.9 Å². The second-order valence-corrected chi connectivity index (χ2v) is 6.98. The van der Waals surface area contributed by atoms with E-state index in [0.717, 1.165) is 5.56 Å². The van der Waals surface area contributed by atoms with Crippen LogP contribution in [0, 0.1) is 6.92 Å². The van der Waals surface area contributed by atoms with E-state index in [2.05, 4.69) is 0 Å². The molecule has 0 aliphatic carbocycles. The average molecular weight is 394 g/mol. The summed E-state index contributed by atoms with van der Waals surface area (Å²) < 4.78 is 5.21. The molecule has 0 fully saturated rings. The zero-order valence-electron chi connectivity index (χ0n) is 14.9. The number of carbonyl (C=O) groups excluding carboxylic acids is 2. The highest BCUT2D eigenvalue weighted by Crippen LogP contribution is 2.42.